The first-order valence-corrected chi connectivity index (χ1v) is 12.8. The van der Waals surface area contributed by atoms with Crippen molar-refractivity contribution >= 4 is 44.0 Å². The summed E-state index contributed by atoms with van der Waals surface area (Å²) in [4.78, 5) is 19.2. The Labute approximate surface area is 186 Å². The van der Waals surface area contributed by atoms with E-state index in [1.165, 1.54) is 11.8 Å². The number of benzene rings is 2. The predicted molar refractivity (Wildman–Crippen MR) is 126 cm³/mol. The quantitative estimate of drug-likeness (QED) is 0.740. The summed E-state index contributed by atoms with van der Waals surface area (Å²) in [6, 6.07) is 12.7. The van der Waals surface area contributed by atoms with Crippen LogP contribution in [0, 0.1) is 13.8 Å². The van der Waals surface area contributed by atoms with Crippen LogP contribution in [0.15, 0.2) is 47.5 Å². The lowest BCUT2D eigenvalue weighted by Gasteiger charge is -2.27. The van der Waals surface area contributed by atoms with Crippen molar-refractivity contribution in [3.63, 3.8) is 0 Å². The molecule has 164 valence electrons. The molecule has 0 radical (unpaired) electrons. The third-order valence-electron chi connectivity index (χ3n) is 5.44. The van der Waals surface area contributed by atoms with Gasteiger partial charge in [-0.15, -0.1) is 0 Å². The van der Waals surface area contributed by atoms with Crippen LogP contribution in [0.4, 0.5) is 11.4 Å². The highest BCUT2D eigenvalue weighted by atomic mass is 32.2. The van der Waals surface area contributed by atoms with Gasteiger partial charge in [0, 0.05) is 5.69 Å². The summed E-state index contributed by atoms with van der Waals surface area (Å²) in [7, 11) is -1.57. The minimum atomic E-state index is -3.15. The first-order valence-electron chi connectivity index (χ1n) is 9.98. The molecule has 31 heavy (non-hydrogen) atoms. The van der Waals surface area contributed by atoms with Crippen LogP contribution in [0.5, 0.6) is 5.75 Å². The zero-order chi connectivity index (χ0) is 22.2. The lowest BCUT2D eigenvalue weighted by atomic mass is 10.1. The largest absolute Gasteiger partial charge is 0.495 e. The molecule has 0 saturated carbocycles. The smallest absolute Gasteiger partial charge is 0.234 e. The zero-order valence-electron chi connectivity index (χ0n) is 17.7. The third kappa shape index (κ3) is 4.57. The van der Waals surface area contributed by atoms with Crippen molar-refractivity contribution in [3.05, 3.63) is 53.6 Å². The number of fused-ring (bicyclic) bond motifs is 1. The van der Waals surface area contributed by atoms with Gasteiger partial charge in [0.1, 0.15) is 5.75 Å². The molecule has 2 aromatic rings. The first kappa shape index (κ1) is 21.7. The van der Waals surface area contributed by atoms with Crippen molar-refractivity contribution in [2.24, 2.45) is 4.99 Å². The second-order valence-electron chi connectivity index (χ2n) is 7.82. The Kier molecular flexibility index (Phi) is 5.98. The Morgan fingerprint density at radius 1 is 1.23 bits per heavy atom. The fraction of sp³-hybridized carbons (Fsp3) is 0.364. The molecule has 7 nitrogen and oxygen atoms in total. The highest BCUT2D eigenvalue weighted by Crippen LogP contribution is 2.39. The minimum absolute atomic E-state index is 0.0299. The van der Waals surface area contributed by atoms with Gasteiger partial charge in [0.2, 0.25) is 5.91 Å². The number of nitrogens with one attached hydrogen (secondary N) is 1. The van der Waals surface area contributed by atoms with Gasteiger partial charge in [0.25, 0.3) is 0 Å². The van der Waals surface area contributed by atoms with Crippen molar-refractivity contribution < 1.29 is 17.9 Å². The van der Waals surface area contributed by atoms with Crippen LogP contribution in [-0.4, -0.2) is 55.9 Å². The normalized spacial score (nSPS) is 21.5. The van der Waals surface area contributed by atoms with Gasteiger partial charge >= 0.3 is 0 Å². The molecule has 2 atom stereocenters. The van der Waals surface area contributed by atoms with Crippen LogP contribution in [0.2, 0.25) is 0 Å². The number of aryl methyl sites for hydroxylation is 2. The van der Waals surface area contributed by atoms with E-state index in [4.69, 9.17) is 4.74 Å². The molecule has 2 aliphatic heterocycles. The molecule has 1 amide bonds. The molecule has 1 saturated heterocycles. The van der Waals surface area contributed by atoms with Crippen LogP contribution in [-0.2, 0) is 14.6 Å². The number of sulfone groups is 1. The molecule has 2 aliphatic rings. The molecule has 0 unspecified atom stereocenters. The Hall–Kier alpha value is -2.52. The highest BCUT2D eigenvalue weighted by Gasteiger charge is 2.47. The highest BCUT2D eigenvalue weighted by molar-refractivity contribution is 8.14. The summed E-state index contributed by atoms with van der Waals surface area (Å²) in [5.74, 6) is 0.745. The second-order valence-corrected chi connectivity index (χ2v) is 10.9. The molecule has 2 aromatic carbocycles. The summed E-state index contributed by atoms with van der Waals surface area (Å²) >= 11 is 1.31. The SMILES string of the molecule is COc1ccccc1N1C(SCC(=O)Nc2ccc(C)cc2C)=N[C@H]2CS(=O)(=O)C[C@H]21. The van der Waals surface area contributed by atoms with Gasteiger partial charge in [-0.25, -0.2) is 8.42 Å². The van der Waals surface area contributed by atoms with Crippen molar-refractivity contribution in [1.82, 2.24) is 0 Å². The predicted octanol–water partition coefficient (Wildman–Crippen LogP) is 3.03. The summed E-state index contributed by atoms with van der Waals surface area (Å²) in [5, 5.41) is 3.59. The second kappa shape index (κ2) is 8.55. The van der Waals surface area contributed by atoms with Crippen LogP contribution in [0.3, 0.4) is 0 Å². The van der Waals surface area contributed by atoms with Gasteiger partial charge in [-0.2, -0.15) is 0 Å². The standard InChI is InChI=1S/C22H25N3O4S2/c1-14-8-9-16(15(2)10-14)23-21(26)11-30-22-24-17-12-31(27,28)13-19(17)25(22)18-6-4-5-7-20(18)29-3/h4-10,17,19H,11-13H2,1-3H3,(H,23,26)/t17-,19+/m0/s1. The molecule has 4 rings (SSSR count). The minimum Gasteiger partial charge on any atom is -0.495 e. The third-order valence-corrected chi connectivity index (χ3v) is 8.11. The number of methoxy groups -OCH3 is 1. The number of amidine groups is 1. The number of hydrogen-bond acceptors (Lipinski definition) is 7. The van der Waals surface area contributed by atoms with Gasteiger partial charge < -0.3 is 15.0 Å². The molecule has 2 heterocycles. The molecule has 0 aliphatic carbocycles. The number of ether oxygens (including phenoxy) is 1. The molecule has 9 heteroatoms. The lowest BCUT2D eigenvalue weighted by molar-refractivity contribution is -0.113. The van der Waals surface area contributed by atoms with E-state index in [0.29, 0.717) is 10.9 Å². The maximum Gasteiger partial charge on any atom is 0.234 e. The molecular formula is C22H25N3O4S2. The maximum absolute atomic E-state index is 12.6. The maximum atomic E-state index is 12.6. The molecule has 0 bridgehead atoms. The fourth-order valence-electron chi connectivity index (χ4n) is 4.01. The van der Waals surface area contributed by atoms with Gasteiger partial charge in [0.15, 0.2) is 15.0 Å². The monoisotopic (exact) mass is 459 g/mol. The van der Waals surface area contributed by atoms with Crippen LogP contribution in [0.1, 0.15) is 11.1 Å². The molecule has 0 aromatic heterocycles. The lowest BCUT2D eigenvalue weighted by Crippen LogP contribution is -2.39. The molecule has 1 fully saturated rings. The van der Waals surface area contributed by atoms with Crippen LogP contribution < -0.4 is 15.0 Å². The van der Waals surface area contributed by atoms with E-state index < -0.39 is 9.84 Å². The molecular weight excluding hydrogens is 434 g/mol. The van der Waals surface area contributed by atoms with E-state index in [2.05, 4.69) is 10.3 Å². The molecule has 0 spiro atoms. The van der Waals surface area contributed by atoms with E-state index in [1.54, 1.807) is 7.11 Å². The number of carbonyl (C=O) groups is 1. The number of para-hydroxylation sites is 2. The average molecular weight is 460 g/mol. The number of hydrogen-bond donors (Lipinski definition) is 1. The Bertz CT molecular complexity index is 1150. The Morgan fingerprint density at radius 3 is 2.74 bits per heavy atom. The van der Waals surface area contributed by atoms with Gasteiger partial charge in [-0.05, 0) is 37.6 Å². The number of anilines is 2. The Balaban J connectivity index is 1.53. The number of carbonyl (C=O) groups excluding carboxylic acids is 1. The summed E-state index contributed by atoms with van der Waals surface area (Å²) in [6.45, 7) is 3.97. The summed E-state index contributed by atoms with van der Waals surface area (Å²) < 4.78 is 29.9. The molecule has 1 N–H and O–H groups in total. The van der Waals surface area contributed by atoms with E-state index in [9.17, 15) is 13.2 Å². The van der Waals surface area contributed by atoms with Gasteiger partial charge in [-0.1, -0.05) is 41.6 Å². The van der Waals surface area contributed by atoms with Crippen molar-refractivity contribution in [3.8, 4) is 5.75 Å². The fourth-order valence-corrected chi connectivity index (χ4v) is 6.77. The van der Waals surface area contributed by atoms with Crippen molar-refractivity contribution in [2.45, 2.75) is 25.9 Å². The Morgan fingerprint density at radius 2 is 2.00 bits per heavy atom. The number of thioether (sulfide) groups is 1. The number of aliphatic imine (C=N–C) groups is 1. The van der Waals surface area contributed by atoms with E-state index >= 15 is 0 Å². The number of nitrogens with zero attached hydrogens (tertiary/aromatic N) is 2. The zero-order valence-corrected chi connectivity index (χ0v) is 19.3. The van der Waals surface area contributed by atoms with E-state index in [-0.39, 0.29) is 35.2 Å². The van der Waals surface area contributed by atoms with Gasteiger partial charge in [0.05, 0.1) is 42.1 Å². The summed E-state index contributed by atoms with van der Waals surface area (Å²) in [6.07, 6.45) is 0. The first-order chi connectivity index (χ1) is 14.8. The van der Waals surface area contributed by atoms with E-state index in [0.717, 1.165) is 22.5 Å². The van der Waals surface area contributed by atoms with Crippen molar-refractivity contribution in [2.75, 3.05) is 34.6 Å². The number of rotatable bonds is 5. The topological polar surface area (TPSA) is 88.1 Å². The van der Waals surface area contributed by atoms with E-state index in [1.807, 2.05) is 61.2 Å². The van der Waals surface area contributed by atoms with Crippen LogP contribution in [0.25, 0.3) is 0 Å². The van der Waals surface area contributed by atoms with Crippen molar-refractivity contribution in [1.29, 1.82) is 0 Å². The average Bonchev–Trinajstić information content (AvgIpc) is 3.19. The summed E-state index contributed by atoms with van der Waals surface area (Å²) in [5.41, 5.74) is 3.69. The van der Waals surface area contributed by atoms with Crippen LogP contribution >= 0.6 is 11.8 Å². The number of amides is 1. The van der Waals surface area contributed by atoms with Gasteiger partial charge in [-0.3, -0.25) is 9.79 Å².